The van der Waals surface area contributed by atoms with Crippen LogP contribution in [0.1, 0.15) is 33.4 Å². The first-order chi connectivity index (χ1) is 15.1. The van der Waals surface area contributed by atoms with Crippen LogP contribution in [0, 0.1) is 5.41 Å². The zero-order chi connectivity index (χ0) is 21.6. The molecule has 0 spiro atoms. The Morgan fingerprint density at radius 3 is 2.19 bits per heavy atom. The number of H-pyrrole nitrogens is 1. The number of nitrogens with one attached hydrogen (secondary N) is 3. The van der Waals surface area contributed by atoms with Gasteiger partial charge in [-0.05, 0) is 24.1 Å². The number of hydrogen-bond donors (Lipinski definition) is 4. The molecule has 1 atom stereocenters. The quantitative estimate of drug-likeness (QED) is 0.273. The lowest BCUT2D eigenvalue weighted by atomic mass is 10.0. The number of nitrogens with zero attached hydrogens (tertiary/aromatic N) is 1. The number of aromatic amines is 1. The number of rotatable bonds is 7. The minimum atomic E-state index is -0.333. The van der Waals surface area contributed by atoms with Crippen molar-refractivity contribution in [2.75, 3.05) is 0 Å². The summed E-state index contributed by atoms with van der Waals surface area (Å²) in [4.78, 5) is 20.9. The van der Waals surface area contributed by atoms with E-state index < -0.39 is 0 Å². The monoisotopic (exact) mass is 409 g/mol. The van der Waals surface area contributed by atoms with E-state index in [1.165, 1.54) is 0 Å². The summed E-state index contributed by atoms with van der Waals surface area (Å²) < 4.78 is 0. The molecule has 0 aliphatic carbocycles. The Morgan fingerprint density at radius 1 is 0.935 bits per heavy atom. The maximum Gasteiger partial charge on any atom is 0.251 e. The summed E-state index contributed by atoms with van der Waals surface area (Å²) in [6.45, 7) is 0. The fourth-order valence-electron chi connectivity index (χ4n) is 3.38. The van der Waals surface area contributed by atoms with E-state index in [4.69, 9.17) is 16.1 Å². The number of benzene rings is 3. The van der Waals surface area contributed by atoms with Crippen molar-refractivity contribution in [3.63, 3.8) is 0 Å². The molecule has 0 fully saturated rings. The number of amidine groups is 1. The largest absolute Gasteiger partial charge is 0.384 e. The zero-order valence-electron chi connectivity index (χ0n) is 16.9. The van der Waals surface area contributed by atoms with Crippen LogP contribution in [0.15, 0.2) is 91.1 Å². The fraction of sp³-hybridized carbons (Fsp3) is 0.0800. The van der Waals surface area contributed by atoms with Crippen LogP contribution in [-0.4, -0.2) is 21.7 Å². The second-order valence-corrected chi connectivity index (χ2v) is 7.24. The lowest BCUT2D eigenvalue weighted by molar-refractivity contribution is 0.0935. The van der Waals surface area contributed by atoms with Gasteiger partial charge in [-0.3, -0.25) is 10.2 Å². The van der Waals surface area contributed by atoms with Crippen LogP contribution >= 0.6 is 0 Å². The topological polar surface area (TPSA) is 108 Å². The van der Waals surface area contributed by atoms with Gasteiger partial charge in [0.2, 0.25) is 0 Å². The van der Waals surface area contributed by atoms with Gasteiger partial charge in [0.25, 0.3) is 5.91 Å². The van der Waals surface area contributed by atoms with Crippen LogP contribution in [0.25, 0.3) is 11.3 Å². The molecule has 0 unspecified atom stereocenters. The third-order valence-electron chi connectivity index (χ3n) is 5.04. The second kappa shape index (κ2) is 9.09. The Morgan fingerprint density at radius 2 is 1.55 bits per heavy atom. The van der Waals surface area contributed by atoms with E-state index in [1.54, 1.807) is 24.3 Å². The van der Waals surface area contributed by atoms with Crippen molar-refractivity contribution in [1.82, 2.24) is 15.3 Å². The molecule has 154 valence electrons. The third-order valence-corrected chi connectivity index (χ3v) is 5.04. The SMILES string of the molecule is N=C(N)c1ccc(C(=O)N[C@@H](Cc2ccccc2)c2nc(-c3ccccc3)c[nH]2)cc1. The molecule has 0 radical (unpaired) electrons. The van der Waals surface area contributed by atoms with Crippen LogP contribution in [0.4, 0.5) is 0 Å². The summed E-state index contributed by atoms with van der Waals surface area (Å²) in [5, 5.41) is 10.6. The lowest BCUT2D eigenvalue weighted by Gasteiger charge is -2.17. The third kappa shape index (κ3) is 4.87. The number of carbonyl (C=O) groups excluding carboxylic acids is 1. The number of imidazole rings is 1. The number of hydrogen-bond acceptors (Lipinski definition) is 3. The highest BCUT2D eigenvalue weighted by molar-refractivity contribution is 5.98. The zero-order valence-corrected chi connectivity index (χ0v) is 16.9. The molecule has 3 aromatic carbocycles. The van der Waals surface area contributed by atoms with Gasteiger partial charge in [-0.1, -0.05) is 72.8 Å². The van der Waals surface area contributed by atoms with E-state index in [-0.39, 0.29) is 17.8 Å². The molecule has 1 aromatic heterocycles. The Hall–Kier alpha value is -4.19. The number of nitrogen functional groups attached to an aromatic ring is 1. The Bertz CT molecular complexity index is 1170. The highest BCUT2D eigenvalue weighted by atomic mass is 16.1. The van der Waals surface area contributed by atoms with Crippen molar-refractivity contribution in [3.05, 3.63) is 114 Å². The van der Waals surface area contributed by atoms with Crippen LogP contribution in [0.2, 0.25) is 0 Å². The summed E-state index contributed by atoms with van der Waals surface area (Å²) in [7, 11) is 0. The normalized spacial score (nSPS) is 11.6. The molecule has 4 rings (SSSR count). The molecule has 0 saturated heterocycles. The predicted molar refractivity (Wildman–Crippen MR) is 122 cm³/mol. The Balaban J connectivity index is 1.59. The molecule has 1 heterocycles. The van der Waals surface area contributed by atoms with E-state index in [0.29, 0.717) is 23.4 Å². The molecule has 6 nitrogen and oxygen atoms in total. The van der Waals surface area contributed by atoms with E-state index >= 15 is 0 Å². The summed E-state index contributed by atoms with van der Waals surface area (Å²) in [6.07, 6.45) is 2.45. The van der Waals surface area contributed by atoms with E-state index in [9.17, 15) is 4.79 Å². The van der Waals surface area contributed by atoms with Crippen molar-refractivity contribution >= 4 is 11.7 Å². The average Bonchev–Trinajstić information content (AvgIpc) is 3.30. The number of amides is 1. The fourth-order valence-corrected chi connectivity index (χ4v) is 3.38. The van der Waals surface area contributed by atoms with E-state index in [0.717, 1.165) is 16.8 Å². The van der Waals surface area contributed by atoms with Crippen LogP contribution < -0.4 is 11.1 Å². The molecule has 0 saturated carbocycles. The van der Waals surface area contributed by atoms with Crippen molar-refractivity contribution in [1.29, 1.82) is 5.41 Å². The Kier molecular flexibility index (Phi) is 5.89. The van der Waals surface area contributed by atoms with Crippen LogP contribution in [-0.2, 0) is 6.42 Å². The number of nitrogens with two attached hydrogens (primary N) is 1. The van der Waals surface area contributed by atoms with Gasteiger partial charge in [-0.2, -0.15) is 0 Å². The maximum atomic E-state index is 12.9. The van der Waals surface area contributed by atoms with Crippen molar-refractivity contribution in [3.8, 4) is 11.3 Å². The second-order valence-electron chi connectivity index (χ2n) is 7.24. The number of carbonyl (C=O) groups is 1. The molecule has 0 bridgehead atoms. The van der Waals surface area contributed by atoms with Gasteiger partial charge in [0, 0.05) is 22.9 Å². The highest BCUT2D eigenvalue weighted by Crippen LogP contribution is 2.22. The molecule has 31 heavy (non-hydrogen) atoms. The summed E-state index contributed by atoms with van der Waals surface area (Å²) >= 11 is 0. The summed E-state index contributed by atoms with van der Waals surface area (Å²) in [5.41, 5.74) is 9.51. The van der Waals surface area contributed by atoms with Gasteiger partial charge in [0.15, 0.2) is 0 Å². The smallest absolute Gasteiger partial charge is 0.251 e. The minimum Gasteiger partial charge on any atom is -0.384 e. The maximum absolute atomic E-state index is 12.9. The minimum absolute atomic E-state index is 0.0297. The molecule has 0 aliphatic rings. The molecule has 4 aromatic rings. The molecule has 1 amide bonds. The van der Waals surface area contributed by atoms with Gasteiger partial charge in [-0.15, -0.1) is 0 Å². The lowest BCUT2D eigenvalue weighted by Crippen LogP contribution is -2.30. The summed E-state index contributed by atoms with van der Waals surface area (Å²) in [5.74, 6) is 0.447. The van der Waals surface area contributed by atoms with Gasteiger partial charge in [0.1, 0.15) is 11.7 Å². The molecule has 5 N–H and O–H groups in total. The van der Waals surface area contributed by atoms with Gasteiger partial charge in [-0.25, -0.2) is 4.98 Å². The predicted octanol–water partition coefficient (Wildman–Crippen LogP) is 4.07. The molecular formula is C25H23N5O. The van der Waals surface area contributed by atoms with Crippen LogP contribution in [0.5, 0.6) is 0 Å². The number of aromatic nitrogens is 2. The molecule has 6 heteroatoms. The molecule has 0 aliphatic heterocycles. The first-order valence-corrected chi connectivity index (χ1v) is 10.00. The summed E-state index contributed by atoms with van der Waals surface area (Å²) in [6, 6.07) is 26.2. The van der Waals surface area contributed by atoms with Gasteiger partial charge in [0.05, 0.1) is 11.7 Å². The van der Waals surface area contributed by atoms with E-state index in [1.807, 2.05) is 66.9 Å². The van der Waals surface area contributed by atoms with Crippen molar-refractivity contribution in [2.45, 2.75) is 12.5 Å². The Labute approximate surface area is 180 Å². The van der Waals surface area contributed by atoms with Crippen molar-refractivity contribution < 1.29 is 4.79 Å². The highest BCUT2D eigenvalue weighted by Gasteiger charge is 2.20. The van der Waals surface area contributed by atoms with Crippen molar-refractivity contribution in [2.24, 2.45) is 5.73 Å². The van der Waals surface area contributed by atoms with E-state index in [2.05, 4.69) is 10.3 Å². The standard InChI is InChI=1S/C25H23N5O/c26-23(27)19-11-13-20(14-12-19)25(31)30-21(15-17-7-3-1-4-8-17)24-28-16-22(29-24)18-9-5-2-6-10-18/h1-14,16,21H,15H2,(H3,26,27)(H,28,29)(H,30,31)/t21-/m0/s1. The molecular weight excluding hydrogens is 386 g/mol. The van der Waals surface area contributed by atoms with Gasteiger partial charge < -0.3 is 16.0 Å². The first-order valence-electron chi connectivity index (χ1n) is 10.00. The van der Waals surface area contributed by atoms with Crippen LogP contribution in [0.3, 0.4) is 0 Å². The first kappa shape index (κ1) is 20.1. The van der Waals surface area contributed by atoms with Gasteiger partial charge >= 0.3 is 0 Å². The average molecular weight is 409 g/mol.